The van der Waals surface area contributed by atoms with Crippen LogP contribution in [0, 0.1) is 0 Å². The molecule has 20 heavy (non-hydrogen) atoms. The van der Waals surface area contributed by atoms with Crippen LogP contribution in [0.1, 0.15) is 25.3 Å². The number of hydrogen-bond acceptors (Lipinski definition) is 5. The van der Waals surface area contributed by atoms with Gasteiger partial charge >= 0.3 is 0 Å². The lowest BCUT2D eigenvalue weighted by molar-refractivity contribution is -0.126. The molecule has 0 radical (unpaired) electrons. The van der Waals surface area contributed by atoms with Crippen LogP contribution < -0.4 is 11.3 Å². The van der Waals surface area contributed by atoms with Gasteiger partial charge in [0, 0.05) is 45.1 Å². The number of nitrogens with zero attached hydrogens (tertiary/aromatic N) is 1. The van der Waals surface area contributed by atoms with E-state index in [-0.39, 0.29) is 11.6 Å². The molecule has 2 heterocycles. The van der Waals surface area contributed by atoms with Gasteiger partial charge in [-0.05, 0) is 25.0 Å². The second kappa shape index (κ2) is 7.33. The van der Waals surface area contributed by atoms with E-state index in [1.807, 2.05) is 13.0 Å². The number of nitrogens with one attached hydrogen (secondary N) is 1. The molecular formula is C14H22ClN3O2. The Morgan fingerprint density at radius 3 is 2.90 bits per heavy atom. The molecule has 0 aromatic carbocycles. The highest BCUT2D eigenvalue weighted by Crippen LogP contribution is 2.31. The second-order valence-electron chi connectivity index (χ2n) is 5.00. The summed E-state index contributed by atoms with van der Waals surface area (Å²) in [7, 11) is 0. The Morgan fingerprint density at radius 1 is 1.55 bits per heavy atom. The molecule has 5 nitrogen and oxygen atoms in total. The monoisotopic (exact) mass is 299 g/mol. The van der Waals surface area contributed by atoms with Crippen LogP contribution in [-0.4, -0.2) is 36.4 Å². The first kappa shape index (κ1) is 15.7. The van der Waals surface area contributed by atoms with Gasteiger partial charge in [-0.3, -0.25) is 16.3 Å². The number of ether oxygens (including phenoxy) is 2. The standard InChI is InChI=1S/C14H22ClN3O2/c1-2-20-14(4-7-19-8-5-14)13(18-16)9-11-3-6-17-10-12(11)15/h3,6,10,13,18H,2,4-5,7-9,16H2,1H3. The van der Waals surface area contributed by atoms with Crippen LogP contribution in [-0.2, 0) is 15.9 Å². The average molecular weight is 300 g/mol. The first-order chi connectivity index (χ1) is 9.72. The van der Waals surface area contributed by atoms with Gasteiger partial charge in [-0.1, -0.05) is 11.6 Å². The second-order valence-corrected chi connectivity index (χ2v) is 5.41. The van der Waals surface area contributed by atoms with Crippen molar-refractivity contribution in [2.45, 2.75) is 37.8 Å². The maximum absolute atomic E-state index is 6.19. The van der Waals surface area contributed by atoms with Gasteiger partial charge < -0.3 is 9.47 Å². The van der Waals surface area contributed by atoms with Gasteiger partial charge in [0.2, 0.25) is 0 Å². The number of pyridine rings is 1. The number of aromatic nitrogens is 1. The van der Waals surface area contributed by atoms with Gasteiger partial charge in [0.05, 0.1) is 16.7 Å². The van der Waals surface area contributed by atoms with Crippen LogP contribution in [0.25, 0.3) is 0 Å². The van der Waals surface area contributed by atoms with Crippen LogP contribution >= 0.6 is 11.6 Å². The predicted octanol–water partition coefficient (Wildman–Crippen LogP) is 1.70. The normalized spacial score (nSPS) is 19.8. The number of nitrogens with two attached hydrogens (primary N) is 1. The third-order valence-electron chi connectivity index (χ3n) is 3.89. The fourth-order valence-electron chi connectivity index (χ4n) is 2.78. The summed E-state index contributed by atoms with van der Waals surface area (Å²) in [6.07, 6.45) is 5.77. The summed E-state index contributed by atoms with van der Waals surface area (Å²) >= 11 is 6.19. The summed E-state index contributed by atoms with van der Waals surface area (Å²) in [5.74, 6) is 5.79. The lowest BCUT2D eigenvalue weighted by Crippen LogP contribution is -2.58. The summed E-state index contributed by atoms with van der Waals surface area (Å²) in [6.45, 7) is 4.05. The van der Waals surface area contributed by atoms with Crippen molar-refractivity contribution in [2.24, 2.45) is 5.84 Å². The lowest BCUT2D eigenvalue weighted by Gasteiger charge is -2.43. The molecule has 1 aromatic rings. The number of rotatable bonds is 6. The van der Waals surface area contributed by atoms with Crippen molar-refractivity contribution < 1.29 is 9.47 Å². The van der Waals surface area contributed by atoms with E-state index in [2.05, 4.69) is 10.4 Å². The predicted molar refractivity (Wildman–Crippen MR) is 78.5 cm³/mol. The molecule has 1 aliphatic rings. The average Bonchev–Trinajstić information content (AvgIpc) is 2.47. The molecule has 1 aliphatic heterocycles. The number of hydrazine groups is 1. The third-order valence-corrected chi connectivity index (χ3v) is 4.23. The Kier molecular flexibility index (Phi) is 5.74. The molecule has 0 saturated carbocycles. The zero-order valence-electron chi connectivity index (χ0n) is 11.8. The quantitative estimate of drug-likeness (QED) is 0.618. The molecule has 1 aromatic heterocycles. The summed E-state index contributed by atoms with van der Waals surface area (Å²) in [6, 6.07) is 1.91. The van der Waals surface area contributed by atoms with E-state index < -0.39 is 0 Å². The fraction of sp³-hybridized carbons (Fsp3) is 0.643. The Bertz CT molecular complexity index is 419. The van der Waals surface area contributed by atoms with E-state index in [0.717, 1.165) is 18.4 Å². The van der Waals surface area contributed by atoms with E-state index in [9.17, 15) is 0 Å². The van der Waals surface area contributed by atoms with Crippen molar-refractivity contribution in [1.82, 2.24) is 10.4 Å². The largest absolute Gasteiger partial charge is 0.381 e. The maximum atomic E-state index is 6.19. The van der Waals surface area contributed by atoms with Gasteiger partial charge in [-0.2, -0.15) is 0 Å². The smallest absolute Gasteiger partial charge is 0.0895 e. The minimum absolute atomic E-state index is 0.00810. The van der Waals surface area contributed by atoms with Gasteiger partial charge in [0.25, 0.3) is 0 Å². The Labute approximate surface area is 124 Å². The highest BCUT2D eigenvalue weighted by Gasteiger charge is 2.41. The van der Waals surface area contributed by atoms with Crippen LogP contribution in [0.15, 0.2) is 18.5 Å². The molecule has 0 aliphatic carbocycles. The van der Waals surface area contributed by atoms with E-state index in [0.29, 0.717) is 31.3 Å². The van der Waals surface area contributed by atoms with Crippen molar-refractivity contribution in [3.63, 3.8) is 0 Å². The topological polar surface area (TPSA) is 69.4 Å². The van der Waals surface area contributed by atoms with E-state index in [1.165, 1.54) is 0 Å². The molecule has 2 rings (SSSR count). The molecule has 1 unspecified atom stereocenters. The van der Waals surface area contributed by atoms with Crippen molar-refractivity contribution in [3.8, 4) is 0 Å². The van der Waals surface area contributed by atoms with E-state index in [1.54, 1.807) is 12.4 Å². The van der Waals surface area contributed by atoms with Crippen molar-refractivity contribution in [1.29, 1.82) is 0 Å². The molecule has 6 heteroatoms. The van der Waals surface area contributed by atoms with Gasteiger partial charge in [0.15, 0.2) is 0 Å². The zero-order chi connectivity index (χ0) is 14.4. The zero-order valence-corrected chi connectivity index (χ0v) is 12.5. The first-order valence-corrected chi connectivity index (χ1v) is 7.36. The fourth-order valence-corrected chi connectivity index (χ4v) is 2.98. The van der Waals surface area contributed by atoms with Crippen LogP contribution in [0.3, 0.4) is 0 Å². The van der Waals surface area contributed by atoms with Gasteiger partial charge in [0.1, 0.15) is 0 Å². The number of halogens is 1. The van der Waals surface area contributed by atoms with Crippen LogP contribution in [0.4, 0.5) is 0 Å². The Balaban J connectivity index is 2.18. The first-order valence-electron chi connectivity index (χ1n) is 6.98. The summed E-state index contributed by atoms with van der Waals surface area (Å²) in [4.78, 5) is 4.01. The highest BCUT2D eigenvalue weighted by molar-refractivity contribution is 6.31. The molecule has 0 bridgehead atoms. The Morgan fingerprint density at radius 2 is 2.30 bits per heavy atom. The molecule has 1 fully saturated rings. The van der Waals surface area contributed by atoms with Crippen LogP contribution in [0.2, 0.25) is 5.02 Å². The molecule has 1 saturated heterocycles. The van der Waals surface area contributed by atoms with Gasteiger partial charge in [-0.25, -0.2) is 0 Å². The molecular weight excluding hydrogens is 278 g/mol. The molecule has 0 amide bonds. The van der Waals surface area contributed by atoms with E-state index >= 15 is 0 Å². The minimum atomic E-state index is -0.297. The molecule has 1 atom stereocenters. The molecule has 3 N–H and O–H groups in total. The van der Waals surface area contributed by atoms with Crippen molar-refractivity contribution in [2.75, 3.05) is 19.8 Å². The van der Waals surface area contributed by atoms with Crippen LogP contribution in [0.5, 0.6) is 0 Å². The Hall–Kier alpha value is -0.720. The summed E-state index contributed by atoms with van der Waals surface area (Å²) in [5, 5.41) is 0.659. The van der Waals surface area contributed by atoms with Crippen molar-refractivity contribution >= 4 is 11.6 Å². The SMILES string of the molecule is CCOC1(C(Cc2ccncc2Cl)NN)CCOCC1. The lowest BCUT2D eigenvalue weighted by atomic mass is 9.83. The highest BCUT2D eigenvalue weighted by atomic mass is 35.5. The number of hydrogen-bond donors (Lipinski definition) is 2. The minimum Gasteiger partial charge on any atom is -0.381 e. The van der Waals surface area contributed by atoms with Crippen molar-refractivity contribution in [3.05, 3.63) is 29.0 Å². The summed E-state index contributed by atoms with van der Waals surface area (Å²) in [5.41, 5.74) is 3.64. The summed E-state index contributed by atoms with van der Waals surface area (Å²) < 4.78 is 11.5. The molecule has 112 valence electrons. The third kappa shape index (κ3) is 3.48. The molecule has 0 spiro atoms. The maximum Gasteiger partial charge on any atom is 0.0895 e. The van der Waals surface area contributed by atoms with E-state index in [4.69, 9.17) is 26.9 Å². The van der Waals surface area contributed by atoms with Gasteiger partial charge in [-0.15, -0.1) is 0 Å².